The number of aliphatic hydroxyl groups is 3. The zero-order valence-electron chi connectivity index (χ0n) is 44.1. The van der Waals surface area contributed by atoms with Gasteiger partial charge in [-0.3, -0.25) is 43.3 Å². The summed E-state index contributed by atoms with van der Waals surface area (Å²) in [6, 6.07) is 11.0. The standard InChI is InChI=1S/C54H61N5O21S/c1-74-36-25-39-30(24-40(81-39)34(60)9-14-46(66)67)22-37(36)76-19-6-20-77-52-38(75-2)23-31-26-58(27-33(31)57-52)43(63)13-15-47(68)78-28-29-8-10-35(79-54-50(71)48(69)49(70)51(80-54)53(72)73)32(21-29)56-42(62)16-17-55-41(61)7-4-3-5-18-59-44(64)11-12-45(59)65/h8,10-12,21-25,48-51,54,69-71H,3-7,9,13-20,26-28H2,1-2H3,(H,55,61)(H,56,62)(H,66,67)(H,72,73)/t48-,49-,50+,51-,54+/m0/s1. The molecule has 5 amide bonds. The number of anilines is 1. The van der Waals surface area contributed by atoms with E-state index >= 15 is 0 Å². The van der Waals surface area contributed by atoms with Crippen LogP contribution in [0, 0.1) is 0 Å². The van der Waals surface area contributed by atoms with E-state index in [9.17, 15) is 63.6 Å². The summed E-state index contributed by atoms with van der Waals surface area (Å²) in [7, 11) is 2.95. The number of hydrogen-bond acceptors (Lipinski definition) is 21. The number of carboxylic acids is 2. The number of hydrogen-bond donors (Lipinski definition) is 7. The second kappa shape index (κ2) is 28.3. The van der Waals surface area contributed by atoms with Crippen LogP contribution >= 0.6 is 11.3 Å². The van der Waals surface area contributed by atoms with Gasteiger partial charge < -0.3 is 74.2 Å². The average Bonchev–Trinajstić information content (AvgIpc) is 4.17. The van der Waals surface area contributed by atoms with Gasteiger partial charge in [0.25, 0.3) is 17.7 Å². The molecule has 1 fully saturated rings. The second-order valence-electron chi connectivity index (χ2n) is 18.8. The number of unbranched alkanes of at least 4 members (excludes halogenated alkanes) is 2. The van der Waals surface area contributed by atoms with Crippen LogP contribution in [0.3, 0.4) is 0 Å². The van der Waals surface area contributed by atoms with Crippen molar-refractivity contribution in [2.24, 2.45) is 0 Å². The van der Waals surface area contributed by atoms with Crippen LogP contribution in [0.15, 0.2) is 54.6 Å². The number of nitrogens with one attached hydrogen (secondary N) is 2. The van der Waals surface area contributed by atoms with Crippen LogP contribution in [0.2, 0.25) is 0 Å². The number of thiophene rings is 1. The summed E-state index contributed by atoms with van der Waals surface area (Å²) in [4.78, 5) is 118. The van der Waals surface area contributed by atoms with Crippen LogP contribution < -0.4 is 34.3 Å². The summed E-state index contributed by atoms with van der Waals surface area (Å²) in [5.41, 5.74) is 1.53. The molecule has 81 heavy (non-hydrogen) atoms. The molecule has 3 aliphatic rings. The lowest BCUT2D eigenvalue weighted by atomic mass is 9.99. The Morgan fingerprint density at radius 3 is 2.22 bits per heavy atom. The molecule has 5 atom stereocenters. The molecule has 1 saturated heterocycles. The number of benzene rings is 2. The first-order chi connectivity index (χ1) is 38.8. The van der Waals surface area contributed by atoms with Crippen molar-refractivity contribution < 1.29 is 102 Å². The highest BCUT2D eigenvalue weighted by molar-refractivity contribution is 7.20. The lowest BCUT2D eigenvalue weighted by Crippen LogP contribution is -2.61. The van der Waals surface area contributed by atoms with Crippen molar-refractivity contribution in [3.8, 4) is 28.9 Å². The van der Waals surface area contributed by atoms with Gasteiger partial charge in [0.2, 0.25) is 24.0 Å². The number of carbonyl (C=O) groups excluding carboxylic acids is 7. The Balaban J connectivity index is 0.873. The summed E-state index contributed by atoms with van der Waals surface area (Å²) in [5.74, 6) is -4.54. The lowest BCUT2D eigenvalue weighted by Gasteiger charge is -2.38. The van der Waals surface area contributed by atoms with Crippen molar-refractivity contribution in [1.29, 1.82) is 0 Å². The number of aliphatic hydroxyl groups excluding tert-OH is 3. The van der Waals surface area contributed by atoms with E-state index in [-0.39, 0.29) is 131 Å². The van der Waals surface area contributed by atoms with Gasteiger partial charge in [-0.25, -0.2) is 9.78 Å². The zero-order chi connectivity index (χ0) is 58.3. The molecule has 27 heteroatoms. The molecular weight excluding hydrogens is 1090 g/mol. The molecule has 0 saturated carbocycles. The lowest BCUT2D eigenvalue weighted by molar-refractivity contribution is -0.271. The van der Waals surface area contributed by atoms with E-state index in [0.717, 1.165) is 20.5 Å². The molecule has 3 aliphatic heterocycles. The molecule has 0 unspecified atom stereocenters. The molecule has 0 spiro atoms. The first-order valence-electron chi connectivity index (χ1n) is 25.8. The fourth-order valence-electron chi connectivity index (χ4n) is 8.65. The molecule has 7 rings (SSSR count). The monoisotopic (exact) mass is 1150 g/mol. The van der Waals surface area contributed by atoms with Gasteiger partial charge in [0.05, 0.1) is 63.1 Å². The van der Waals surface area contributed by atoms with Crippen molar-refractivity contribution in [2.75, 3.05) is 45.8 Å². The number of amides is 5. The summed E-state index contributed by atoms with van der Waals surface area (Å²) in [6.07, 6.45) is -6.40. The van der Waals surface area contributed by atoms with Crippen molar-refractivity contribution in [3.05, 3.63) is 76.3 Å². The first-order valence-corrected chi connectivity index (χ1v) is 26.6. The summed E-state index contributed by atoms with van der Waals surface area (Å²) in [5, 5.41) is 55.6. The van der Waals surface area contributed by atoms with Crippen LogP contribution in [-0.2, 0) is 67.5 Å². The number of pyridine rings is 1. The van der Waals surface area contributed by atoms with Crippen LogP contribution in [0.5, 0.6) is 28.9 Å². The van der Waals surface area contributed by atoms with Crippen molar-refractivity contribution in [1.82, 2.24) is 20.1 Å². The summed E-state index contributed by atoms with van der Waals surface area (Å²) >= 11 is 1.24. The van der Waals surface area contributed by atoms with E-state index in [1.165, 1.54) is 60.8 Å². The largest absolute Gasteiger partial charge is 0.493 e. The number of fused-ring (bicyclic) bond motifs is 2. The second-order valence-corrected chi connectivity index (χ2v) is 19.9. The fourth-order valence-corrected chi connectivity index (χ4v) is 9.69. The third-order valence-corrected chi connectivity index (χ3v) is 14.1. The minimum Gasteiger partial charge on any atom is -0.493 e. The topological polar surface area (TPSA) is 363 Å². The smallest absolute Gasteiger partial charge is 0.335 e. The van der Waals surface area contributed by atoms with E-state index in [2.05, 4.69) is 15.6 Å². The molecule has 434 valence electrons. The number of esters is 1. The predicted octanol–water partition coefficient (Wildman–Crippen LogP) is 2.78. The van der Waals surface area contributed by atoms with Crippen molar-refractivity contribution in [2.45, 2.75) is 115 Å². The molecule has 26 nitrogen and oxygen atoms in total. The predicted molar refractivity (Wildman–Crippen MR) is 281 cm³/mol. The highest BCUT2D eigenvalue weighted by Gasteiger charge is 2.48. The van der Waals surface area contributed by atoms with Gasteiger partial charge in [-0.2, -0.15) is 0 Å². The Morgan fingerprint density at radius 1 is 0.741 bits per heavy atom. The van der Waals surface area contributed by atoms with Gasteiger partial charge in [0.15, 0.2) is 29.1 Å². The number of aromatic nitrogens is 1. The van der Waals surface area contributed by atoms with Gasteiger partial charge in [-0.05, 0) is 59.7 Å². The minimum absolute atomic E-state index is 0.0703. The van der Waals surface area contributed by atoms with Gasteiger partial charge in [-0.1, -0.05) is 12.5 Å². The molecule has 5 heterocycles. The highest BCUT2D eigenvalue weighted by Crippen LogP contribution is 2.38. The molecule has 4 aromatic rings. The number of Topliss-reactive ketones (excluding diaryl/α,β-unsaturated/α-hetero) is 1. The van der Waals surface area contributed by atoms with Crippen LogP contribution in [-0.4, -0.2) is 165 Å². The van der Waals surface area contributed by atoms with Crippen LogP contribution in [0.4, 0.5) is 5.69 Å². The zero-order valence-corrected chi connectivity index (χ0v) is 44.9. The quantitative estimate of drug-likeness (QED) is 0.0171. The average molecular weight is 1150 g/mol. The van der Waals surface area contributed by atoms with Gasteiger partial charge in [0, 0.05) is 74.7 Å². The Hall–Kier alpha value is -8.24. The Labute approximate surface area is 466 Å². The fraction of sp³-hybridized carbons (Fsp3) is 0.444. The molecule has 2 aromatic carbocycles. The molecule has 0 radical (unpaired) electrons. The van der Waals surface area contributed by atoms with E-state index < -0.39 is 54.5 Å². The molecule has 2 aromatic heterocycles. The van der Waals surface area contributed by atoms with E-state index in [0.29, 0.717) is 59.1 Å². The third-order valence-electron chi connectivity index (χ3n) is 13.0. The number of carboxylic acid groups (broad SMARTS) is 2. The highest BCUT2D eigenvalue weighted by atomic mass is 32.1. The minimum atomic E-state index is -2.00. The van der Waals surface area contributed by atoms with E-state index in [1.807, 2.05) is 0 Å². The maximum Gasteiger partial charge on any atom is 0.335 e. The molecular formula is C54H61N5O21S. The number of imide groups is 1. The summed E-state index contributed by atoms with van der Waals surface area (Å²) < 4.78 is 40.2. The Bertz CT molecular complexity index is 3040. The van der Waals surface area contributed by atoms with Gasteiger partial charge in [-0.15, -0.1) is 11.3 Å². The molecule has 7 N–H and O–H groups in total. The van der Waals surface area contributed by atoms with Crippen molar-refractivity contribution in [3.63, 3.8) is 0 Å². The number of nitrogens with zero attached hydrogens (tertiary/aromatic N) is 3. The maximum absolute atomic E-state index is 13.4. The third kappa shape index (κ3) is 16.2. The normalized spacial score (nSPS) is 18.3. The van der Waals surface area contributed by atoms with Gasteiger partial charge in [0.1, 0.15) is 30.7 Å². The molecule has 0 bridgehead atoms. The van der Waals surface area contributed by atoms with E-state index in [4.69, 9.17) is 38.3 Å². The Kier molecular flexibility index (Phi) is 21.1. The number of ketones is 1. The van der Waals surface area contributed by atoms with Gasteiger partial charge >= 0.3 is 17.9 Å². The maximum atomic E-state index is 13.4. The number of methoxy groups -OCH3 is 2. The number of aliphatic carboxylic acids is 2. The summed E-state index contributed by atoms with van der Waals surface area (Å²) in [6.45, 7) is 0.519. The first kappa shape index (κ1) is 60.4. The SMILES string of the molecule is COc1cc2sc(C(=O)CCC(=O)O)cc2cc1OCCCOc1nc2c(cc1OC)CN(C(=O)CCC(=O)OCc1ccc(O[C@@H]3O[C@H](C(=O)O)[C@@H](O)[C@H](O)[C@H]3O)c(NC(=O)CCNC(=O)CCCCCN3C(=O)C=CC3=O)c1)C2. The molecule has 0 aliphatic carbocycles. The van der Waals surface area contributed by atoms with Crippen molar-refractivity contribution >= 4 is 80.3 Å². The number of carbonyl (C=O) groups is 9. The number of rotatable bonds is 30. The van der Waals surface area contributed by atoms with Crippen LogP contribution in [0.1, 0.15) is 90.7 Å². The number of ether oxygens (including phenoxy) is 7. The van der Waals surface area contributed by atoms with Crippen LogP contribution in [0.25, 0.3) is 10.1 Å². The Morgan fingerprint density at radius 2 is 1.49 bits per heavy atom. The van der Waals surface area contributed by atoms with E-state index in [1.54, 1.807) is 24.3 Å².